The molecule has 3 aromatic carbocycles. The number of benzene rings is 3. The SMILES string of the molecule is COc1cc(OC)c(C(=O)Nc2ccccc2NC(=O)c2cc(OC)c(OC)cc2OC)cc1OC. The van der Waals surface area contributed by atoms with Crippen molar-refractivity contribution in [1.29, 1.82) is 0 Å². The number of anilines is 2. The topological polar surface area (TPSA) is 114 Å². The summed E-state index contributed by atoms with van der Waals surface area (Å²) in [6.45, 7) is 0. The highest BCUT2D eigenvalue weighted by molar-refractivity contribution is 6.12. The number of ether oxygens (including phenoxy) is 6. The Kier molecular flexibility index (Phi) is 8.45. The van der Waals surface area contributed by atoms with Gasteiger partial charge in [0.15, 0.2) is 23.0 Å². The van der Waals surface area contributed by atoms with E-state index in [-0.39, 0.29) is 11.1 Å². The van der Waals surface area contributed by atoms with Crippen LogP contribution in [0.5, 0.6) is 34.5 Å². The molecule has 36 heavy (non-hydrogen) atoms. The average molecular weight is 497 g/mol. The first-order valence-electron chi connectivity index (χ1n) is 10.7. The highest BCUT2D eigenvalue weighted by atomic mass is 16.5. The molecule has 0 fully saturated rings. The molecule has 10 heteroatoms. The fourth-order valence-corrected chi connectivity index (χ4v) is 3.49. The van der Waals surface area contributed by atoms with Crippen molar-refractivity contribution in [2.75, 3.05) is 53.3 Å². The minimum absolute atomic E-state index is 0.220. The molecule has 0 aliphatic rings. The van der Waals surface area contributed by atoms with Crippen molar-refractivity contribution in [2.45, 2.75) is 0 Å². The molecule has 3 aromatic rings. The largest absolute Gasteiger partial charge is 0.496 e. The van der Waals surface area contributed by atoms with E-state index in [0.29, 0.717) is 45.9 Å². The van der Waals surface area contributed by atoms with Crippen LogP contribution in [0.15, 0.2) is 48.5 Å². The Morgan fingerprint density at radius 2 is 0.806 bits per heavy atom. The van der Waals surface area contributed by atoms with E-state index in [1.807, 2.05) is 0 Å². The molecule has 190 valence electrons. The molecule has 0 heterocycles. The van der Waals surface area contributed by atoms with Crippen LogP contribution in [0.1, 0.15) is 20.7 Å². The van der Waals surface area contributed by atoms with Gasteiger partial charge in [-0.05, 0) is 12.1 Å². The molecular weight excluding hydrogens is 468 g/mol. The Labute approximate surface area is 209 Å². The lowest BCUT2D eigenvalue weighted by Crippen LogP contribution is -2.18. The van der Waals surface area contributed by atoms with E-state index in [0.717, 1.165) is 0 Å². The number of methoxy groups -OCH3 is 6. The minimum atomic E-state index is -0.474. The van der Waals surface area contributed by atoms with Gasteiger partial charge in [-0.1, -0.05) is 12.1 Å². The fourth-order valence-electron chi connectivity index (χ4n) is 3.49. The third kappa shape index (κ3) is 5.38. The maximum Gasteiger partial charge on any atom is 0.259 e. The second-order valence-corrected chi connectivity index (χ2v) is 7.27. The van der Waals surface area contributed by atoms with Gasteiger partial charge in [0.1, 0.15) is 11.5 Å². The van der Waals surface area contributed by atoms with Crippen LogP contribution in [-0.4, -0.2) is 54.5 Å². The van der Waals surface area contributed by atoms with Gasteiger partial charge in [0.25, 0.3) is 11.8 Å². The summed E-state index contributed by atoms with van der Waals surface area (Å²) < 4.78 is 31.9. The summed E-state index contributed by atoms with van der Waals surface area (Å²) in [5, 5.41) is 5.62. The van der Waals surface area contributed by atoms with E-state index < -0.39 is 11.8 Å². The maximum atomic E-state index is 13.2. The van der Waals surface area contributed by atoms with Crippen molar-refractivity contribution in [2.24, 2.45) is 0 Å². The minimum Gasteiger partial charge on any atom is -0.496 e. The van der Waals surface area contributed by atoms with Gasteiger partial charge < -0.3 is 39.1 Å². The molecule has 3 rings (SSSR count). The molecule has 0 unspecified atom stereocenters. The van der Waals surface area contributed by atoms with Crippen LogP contribution in [0.3, 0.4) is 0 Å². The van der Waals surface area contributed by atoms with Crippen LogP contribution in [0.2, 0.25) is 0 Å². The highest BCUT2D eigenvalue weighted by Crippen LogP contribution is 2.37. The lowest BCUT2D eigenvalue weighted by Gasteiger charge is -2.17. The highest BCUT2D eigenvalue weighted by Gasteiger charge is 2.21. The van der Waals surface area contributed by atoms with E-state index in [1.54, 1.807) is 36.4 Å². The Morgan fingerprint density at radius 3 is 1.11 bits per heavy atom. The van der Waals surface area contributed by atoms with Crippen LogP contribution >= 0.6 is 0 Å². The predicted molar refractivity (Wildman–Crippen MR) is 135 cm³/mol. The Morgan fingerprint density at radius 1 is 0.500 bits per heavy atom. The molecule has 0 spiro atoms. The number of carbonyl (C=O) groups is 2. The van der Waals surface area contributed by atoms with E-state index in [1.165, 1.54) is 54.8 Å². The third-order valence-electron chi connectivity index (χ3n) is 5.32. The summed E-state index contributed by atoms with van der Waals surface area (Å²) in [4.78, 5) is 26.3. The zero-order valence-corrected chi connectivity index (χ0v) is 20.9. The van der Waals surface area contributed by atoms with Crippen molar-refractivity contribution in [1.82, 2.24) is 0 Å². The van der Waals surface area contributed by atoms with E-state index in [9.17, 15) is 9.59 Å². The zero-order valence-electron chi connectivity index (χ0n) is 20.9. The van der Waals surface area contributed by atoms with Crippen molar-refractivity contribution in [3.05, 3.63) is 59.7 Å². The van der Waals surface area contributed by atoms with Crippen molar-refractivity contribution >= 4 is 23.2 Å². The van der Waals surface area contributed by atoms with E-state index in [2.05, 4.69) is 10.6 Å². The Bertz CT molecular complexity index is 1160. The summed E-state index contributed by atoms with van der Waals surface area (Å²) in [5.41, 5.74) is 1.18. The molecule has 0 aliphatic heterocycles. The average Bonchev–Trinajstić information content (AvgIpc) is 2.92. The number of amides is 2. The smallest absolute Gasteiger partial charge is 0.259 e. The number of rotatable bonds is 10. The lowest BCUT2D eigenvalue weighted by molar-refractivity contribution is 0.101. The molecule has 0 saturated carbocycles. The molecule has 2 amide bonds. The molecule has 0 aliphatic carbocycles. The number of hydrogen-bond donors (Lipinski definition) is 2. The molecule has 10 nitrogen and oxygen atoms in total. The quantitative estimate of drug-likeness (QED) is 0.429. The molecule has 0 saturated heterocycles. The zero-order chi connectivity index (χ0) is 26.2. The van der Waals surface area contributed by atoms with Gasteiger partial charge in [-0.2, -0.15) is 0 Å². The number of nitrogens with one attached hydrogen (secondary N) is 2. The Hall–Kier alpha value is -4.60. The first kappa shape index (κ1) is 26.0. The van der Waals surface area contributed by atoms with Gasteiger partial charge >= 0.3 is 0 Å². The molecule has 0 bridgehead atoms. The standard InChI is InChI=1S/C26H28N2O8/c1-31-19-13-23(35-5)21(33-3)11-15(19)25(29)27-17-9-7-8-10-18(17)28-26(30)16-12-22(34-4)24(36-6)14-20(16)32-2/h7-14H,1-6H3,(H,27,29)(H,28,30). The van der Waals surface area contributed by atoms with Gasteiger partial charge in [-0.3, -0.25) is 9.59 Å². The van der Waals surface area contributed by atoms with Crippen LogP contribution in [-0.2, 0) is 0 Å². The van der Waals surface area contributed by atoms with Crippen molar-refractivity contribution in [3.8, 4) is 34.5 Å². The second kappa shape index (κ2) is 11.7. The molecule has 0 radical (unpaired) electrons. The van der Waals surface area contributed by atoms with Crippen LogP contribution in [0.4, 0.5) is 11.4 Å². The Balaban J connectivity index is 1.92. The second-order valence-electron chi connectivity index (χ2n) is 7.27. The van der Waals surface area contributed by atoms with Crippen LogP contribution < -0.4 is 39.1 Å². The molecule has 2 N–H and O–H groups in total. The number of carbonyl (C=O) groups excluding carboxylic acids is 2. The molecular formula is C26H28N2O8. The van der Waals surface area contributed by atoms with Gasteiger partial charge in [0, 0.05) is 24.3 Å². The van der Waals surface area contributed by atoms with Gasteiger partial charge in [-0.15, -0.1) is 0 Å². The molecule has 0 atom stereocenters. The summed E-state index contributed by atoms with van der Waals surface area (Å²) in [7, 11) is 8.82. The van der Waals surface area contributed by atoms with Gasteiger partial charge in [0.2, 0.25) is 0 Å². The summed E-state index contributed by atoms with van der Waals surface area (Å²) in [5.74, 6) is 1.21. The monoisotopic (exact) mass is 496 g/mol. The first-order chi connectivity index (χ1) is 17.4. The van der Waals surface area contributed by atoms with Crippen LogP contribution in [0.25, 0.3) is 0 Å². The van der Waals surface area contributed by atoms with Crippen molar-refractivity contribution in [3.63, 3.8) is 0 Å². The normalized spacial score (nSPS) is 10.2. The first-order valence-corrected chi connectivity index (χ1v) is 10.7. The fraction of sp³-hybridized carbons (Fsp3) is 0.231. The molecule has 0 aromatic heterocycles. The maximum absolute atomic E-state index is 13.2. The number of hydrogen-bond acceptors (Lipinski definition) is 8. The predicted octanol–water partition coefficient (Wildman–Crippen LogP) is 4.24. The van der Waals surface area contributed by atoms with E-state index >= 15 is 0 Å². The lowest BCUT2D eigenvalue weighted by atomic mass is 10.1. The number of para-hydroxylation sites is 2. The van der Waals surface area contributed by atoms with Gasteiger partial charge in [0.05, 0.1) is 65.2 Å². The summed E-state index contributed by atoms with van der Waals surface area (Å²) in [6.07, 6.45) is 0. The third-order valence-corrected chi connectivity index (χ3v) is 5.32. The summed E-state index contributed by atoms with van der Waals surface area (Å²) in [6, 6.07) is 12.9. The van der Waals surface area contributed by atoms with Gasteiger partial charge in [-0.25, -0.2) is 0 Å². The van der Waals surface area contributed by atoms with Crippen LogP contribution in [0, 0.1) is 0 Å². The van der Waals surface area contributed by atoms with E-state index in [4.69, 9.17) is 28.4 Å². The summed E-state index contributed by atoms with van der Waals surface area (Å²) >= 11 is 0. The van der Waals surface area contributed by atoms with Crippen molar-refractivity contribution < 1.29 is 38.0 Å².